The number of phenolic OH excluding ortho intramolecular Hbond substituents is 1. The lowest BCUT2D eigenvalue weighted by atomic mass is 9.77. The van der Waals surface area contributed by atoms with Gasteiger partial charge in [-0.05, 0) is 25.3 Å². The van der Waals surface area contributed by atoms with E-state index in [0.29, 0.717) is 17.8 Å². The van der Waals surface area contributed by atoms with Gasteiger partial charge in [0.05, 0.1) is 5.54 Å². The first-order chi connectivity index (χ1) is 7.20. The SMILES string of the molecule is NC1(c2ccccc2O)CC2CCC1N2. The van der Waals surface area contributed by atoms with Gasteiger partial charge in [0, 0.05) is 17.6 Å². The van der Waals surface area contributed by atoms with E-state index in [1.54, 1.807) is 6.07 Å². The van der Waals surface area contributed by atoms with Crippen LogP contribution in [0.25, 0.3) is 0 Å². The van der Waals surface area contributed by atoms with Crippen molar-refractivity contribution in [3.8, 4) is 5.75 Å². The van der Waals surface area contributed by atoms with Crippen LogP contribution in [0, 0.1) is 0 Å². The molecule has 15 heavy (non-hydrogen) atoms. The molecule has 3 unspecified atom stereocenters. The molecule has 3 heteroatoms. The second-order valence-corrected chi connectivity index (χ2v) is 4.76. The molecule has 3 nitrogen and oxygen atoms in total. The average molecular weight is 204 g/mol. The molecule has 3 atom stereocenters. The summed E-state index contributed by atoms with van der Waals surface area (Å²) < 4.78 is 0. The molecule has 0 aliphatic carbocycles. The third kappa shape index (κ3) is 1.20. The van der Waals surface area contributed by atoms with Crippen molar-refractivity contribution in [2.45, 2.75) is 36.9 Å². The number of nitrogens with one attached hydrogen (secondary N) is 1. The smallest absolute Gasteiger partial charge is 0.120 e. The first-order valence-corrected chi connectivity index (χ1v) is 5.53. The zero-order valence-electron chi connectivity index (χ0n) is 8.61. The average Bonchev–Trinajstić information content (AvgIpc) is 2.78. The van der Waals surface area contributed by atoms with Crippen LogP contribution in [0.1, 0.15) is 24.8 Å². The molecule has 2 aliphatic heterocycles. The van der Waals surface area contributed by atoms with E-state index in [9.17, 15) is 5.11 Å². The highest BCUT2D eigenvalue weighted by Gasteiger charge is 2.50. The number of rotatable bonds is 1. The number of aromatic hydroxyl groups is 1. The minimum Gasteiger partial charge on any atom is -0.508 e. The van der Waals surface area contributed by atoms with Gasteiger partial charge in [-0.15, -0.1) is 0 Å². The zero-order valence-corrected chi connectivity index (χ0v) is 8.61. The van der Waals surface area contributed by atoms with Crippen LogP contribution in [-0.4, -0.2) is 17.2 Å². The van der Waals surface area contributed by atoms with Gasteiger partial charge in [0.15, 0.2) is 0 Å². The Kier molecular flexibility index (Phi) is 1.82. The van der Waals surface area contributed by atoms with Crippen molar-refractivity contribution in [3.05, 3.63) is 29.8 Å². The predicted molar refractivity (Wildman–Crippen MR) is 58.5 cm³/mol. The first-order valence-electron chi connectivity index (χ1n) is 5.53. The Morgan fingerprint density at radius 2 is 2.13 bits per heavy atom. The van der Waals surface area contributed by atoms with Gasteiger partial charge in [0.2, 0.25) is 0 Å². The Hall–Kier alpha value is -1.06. The third-order valence-corrected chi connectivity index (χ3v) is 3.85. The van der Waals surface area contributed by atoms with Crippen molar-refractivity contribution in [2.75, 3.05) is 0 Å². The number of nitrogens with two attached hydrogens (primary N) is 1. The molecular formula is C12H16N2O. The Labute approximate surface area is 89.3 Å². The van der Waals surface area contributed by atoms with E-state index >= 15 is 0 Å². The van der Waals surface area contributed by atoms with Crippen LogP contribution in [0.5, 0.6) is 5.75 Å². The molecular weight excluding hydrogens is 188 g/mol. The molecule has 0 aromatic heterocycles. The number of fused-ring (bicyclic) bond motifs is 2. The lowest BCUT2D eigenvalue weighted by molar-refractivity contribution is 0.328. The summed E-state index contributed by atoms with van der Waals surface area (Å²) in [6.45, 7) is 0. The standard InChI is InChI=1S/C12H16N2O/c13-12(7-8-5-6-11(12)14-8)9-3-1-2-4-10(9)15/h1-4,8,11,14-15H,5-7,13H2. The summed E-state index contributed by atoms with van der Waals surface area (Å²) in [7, 11) is 0. The van der Waals surface area contributed by atoms with E-state index in [-0.39, 0.29) is 5.54 Å². The predicted octanol–water partition coefficient (Wildman–Crippen LogP) is 1.07. The monoisotopic (exact) mass is 204 g/mol. The molecule has 2 aliphatic rings. The summed E-state index contributed by atoms with van der Waals surface area (Å²) >= 11 is 0. The van der Waals surface area contributed by atoms with Gasteiger partial charge in [0.1, 0.15) is 5.75 Å². The fraction of sp³-hybridized carbons (Fsp3) is 0.500. The Bertz CT molecular complexity index is 393. The fourth-order valence-electron chi connectivity index (χ4n) is 3.10. The number of hydrogen-bond acceptors (Lipinski definition) is 3. The Morgan fingerprint density at radius 3 is 2.73 bits per heavy atom. The lowest BCUT2D eigenvalue weighted by Crippen LogP contribution is -2.47. The second kappa shape index (κ2) is 2.97. The van der Waals surface area contributed by atoms with Crippen LogP contribution in [0.3, 0.4) is 0 Å². The molecule has 4 N–H and O–H groups in total. The molecule has 3 rings (SSSR count). The lowest BCUT2D eigenvalue weighted by Gasteiger charge is -2.33. The zero-order chi connectivity index (χ0) is 10.5. The van der Waals surface area contributed by atoms with Crippen molar-refractivity contribution in [3.63, 3.8) is 0 Å². The molecule has 1 aromatic carbocycles. The van der Waals surface area contributed by atoms with Crippen molar-refractivity contribution < 1.29 is 5.11 Å². The molecule has 0 amide bonds. The number of para-hydroxylation sites is 1. The van der Waals surface area contributed by atoms with E-state index < -0.39 is 0 Å². The van der Waals surface area contributed by atoms with E-state index in [1.807, 2.05) is 18.2 Å². The highest BCUT2D eigenvalue weighted by atomic mass is 16.3. The summed E-state index contributed by atoms with van der Waals surface area (Å²) in [5, 5.41) is 13.4. The van der Waals surface area contributed by atoms with Crippen molar-refractivity contribution in [2.24, 2.45) is 5.73 Å². The van der Waals surface area contributed by atoms with Crippen molar-refractivity contribution >= 4 is 0 Å². The molecule has 0 radical (unpaired) electrons. The van der Waals surface area contributed by atoms with Gasteiger partial charge in [-0.1, -0.05) is 18.2 Å². The van der Waals surface area contributed by atoms with E-state index in [1.165, 1.54) is 6.42 Å². The van der Waals surface area contributed by atoms with E-state index in [0.717, 1.165) is 18.4 Å². The van der Waals surface area contributed by atoms with Gasteiger partial charge in [-0.2, -0.15) is 0 Å². The highest BCUT2D eigenvalue weighted by Crippen LogP contribution is 2.44. The maximum Gasteiger partial charge on any atom is 0.120 e. The molecule has 0 saturated carbocycles. The second-order valence-electron chi connectivity index (χ2n) is 4.76. The number of benzene rings is 1. The van der Waals surface area contributed by atoms with Gasteiger partial charge in [-0.25, -0.2) is 0 Å². The minimum absolute atomic E-state index is 0.328. The summed E-state index contributed by atoms with van der Waals surface area (Å²) in [5.74, 6) is 0.328. The van der Waals surface area contributed by atoms with Crippen molar-refractivity contribution in [1.82, 2.24) is 5.32 Å². The first kappa shape index (κ1) is 9.19. The van der Waals surface area contributed by atoms with Gasteiger partial charge in [-0.3, -0.25) is 0 Å². The Morgan fingerprint density at radius 1 is 1.33 bits per heavy atom. The highest BCUT2D eigenvalue weighted by molar-refractivity contribution is 5.41. The molecule has 2 fully saturated rings. The minimum atomic E-state index is -0.367. The normalized spacial score (nSPS) is 38.5. The van der Waals surface area contributed by atoms with Crippen LogP contribution in [0.15, 0.2) is 24.3 Å². The van der Waals surface area contributed by atoms with Gasteiger partial charge >= 0.3 is 0 Å². The summed E-state index contributed by atoms with van der Waals surface area (Å²) in [4.78, 5) is 0. The van der Waals surface area contributed by atoms with Crippen LogP contribution in [0.2, 0.25) is 0 Å². The topological polar surface area (TPSA) is 58.3 Å². The molecule has 2 heterocycles. The largest absolute Gasteiger partial charge is 0.508 e. The fourth-order valence-corrected chi connectivity index (χ4v) is 3.10. The summed E-state index contributed by atoms with van der Waals surface area (Å²) in [5.41, 5.74) is 6.97. The van der Waals surface area contributed by atoms with E-state index in [2.05, 4.69) is 5.32 Å². The van der Waals surface area contributed by atoms with E-state index in [4.69, 9.17) is 5.73 Å². The van der Waals surface area contributed by atoms with Crippen LogP contribution in [0.4, 0.5) is 0 Å². The number of phenols is 1. The summed E-state index contributed by atoms with van der Waals surface area (Å²) in [6, 6.07) is 8.31. The molecule has 0 spiro atoms. The maximum atomic E-state index is 9.86. The Balaban J connectivity index is 2.04. The quantitative estimate of drug-likeness (QED) is 0.641. The number of hydrogen-bond donors (Lipinski definition) is 3. The summed E-state index contributed by atoms with van der Waals surface area (Å²) in [6.07, 6.45) is 3.28. The van der Waals surface area contributed by atoms with Crippen LogP contribution < -0.4 is 11.1 Å². The third-order valence-electron chi connectivity index (χ3n) is 3.85. The maximum absolute atomic E-state index is 9.86. The van der Waals surface area contributed by atoms with Gasteiger partial charge < -0.3 is 16.2 Å². The molecule has 80 valence electrons. The molecule has 2 bridgehead atoms. The van der Waals surface area contributed by atoms with Crippen molar-refractivity contribution in [1.29, 1.82) is 0 Å². The van der Waals surface area contributed by atoms with Crippen LogP contribution in [-0.2, 0) is 5.54 Å². The molecule has 1 aromatic rings. The molecule has 2 saturated heterocycles. The van der Waals surface area contributed by atoms with Gasteiger partial charge in [0.25, 0.3) is 0 Å². The van der Waals surface area contributed by atoms with Crippen LogP contribution >= 0.6 is 0 Å².